The normalized spacial score (nSPS) is 20.3. The van der Waals surface area contributed by atoms with Crippen LogP contribution in [0.15, 0.2) is 54.9 Å². The Kier molecular flexibility index (Phi) is 5.57. The number of rotatable bonds is 6. The molecule has 156 valence electrons. The second-order valence-corrected chi connectivity index (χ2v) is 8.51. The molecule has 2 N–H and O–H groups in total. The molecule has 0 aliphatic carbocycles. The Bertz CT molecular complexity index is 1060. The predicted molar refractivity (Wildman–Crippen MR) is 117 cm³/mol. The van der Waals surface area contributed by atoms with Gasteiger partial charge < -0.3 is 15.2 Å². The van der Waals surface area contributed by atoms with Gasteiger partial charge in [0.25, 0.3) is 0 Å². The highest BCUT2D eigenvalue weighted by atomic mass is 16.2. The van der Waals surface area contributed by atoms with Crippen molar-refractivity contribution in [1.29, 1.82) is 0 Å². The van der Waals surface area contributed by atoms with Crippen molar-refractivity contribution in [1.82, 2.24) is 20.2 Å². The van der Waals surface area contributed by atoms with Crippen LogP contribution in [0.4, 0.5) is 0 Å². The number of piperazine rings is 1. The largest absolute Gasteiger partial charge is 0.347 e. The number of hydrogen-bond donors (Lipinski definition) is 2. The Morgan fingerprint density at radius 2 is 1.77 bits per heavy atom. The average Bonchev–Trinajstić information content (AvgIpc) is 3.09. The van der Waals surface area contributed by atoms with E-state index in [0.29, 0.717) is 12.3 Å². The third-order valence-corrected chi connectivity index (χ3v) is 5.72. The van der Waals surface area contributed by atoms with Gasteiger partial charge in [0.15, 0.2) is 0 Å². The molecule has 2 aromatic heterocycles. The predicted octanol–water partition coefficient (Wildman–Crippen LogP) is 3.02. The molecule has 0 spiro atoms. The lowest BCUT2D eigenvalue weighted by Crippen LogP contribution is -2.63. The van der Waals surface area contributed by atoms with E-state index in [1.807, 2.05) is 37.3 Å². The fourth-order valence-electron chi connectivity index (χ4n) is 4.23. The summed E-state index contributed by atoms with van der Waals surface area (Å²) in [6.07, 6.45) is 4.21. The summed E-state index contributed by atoms with van der Waals surface area (Å²) in [6.45, 7) is 7.29. The number of fused-ring (bicyclic) bond motifs is 1. The first-order valence-electron chi connectivity index (χ1n) is 10.5. The van der Waals surface area contributed by atoms with E-state index in [2.05, 4.69) is 52.4 Å². The molecule has 1 aromatic carbocycles. The van der Waals surface area contributed by atoms with Crippen molar-refractivity contribution in [2.45, 2.75) is 51.7 Å². The van der Waals surface area contributed by atoms with E-state index in [9.17, 15) is 9.59 Å². The second-order valence-electron chi connectivity index (χ2n) is 8.51. The van der Waals surface area contributed by atoms with Gasteiger partial charge >= 0.3 is 0 Å². The number of benzene rings is 1. The summed E-state index contributed by atoms with van der Waals surface area (Å²) < 4.78 is 2.25. The smallest absolute Gasteiger partial charge is 0.243 e. The Morgan fingerprint density at radius 1 is 1.00 bits per heavy atom. The molecule has 3 aromatic rings. The highest BCUT2D eigenvalue weighted by Crippen LogP contribution is 2.31. The lowest BCUT2D eigenvalue weighted by molar-refractivity contribution is -0.137. The Labute approximate surface area is 176 Å². The number of carbonyl (C=O) groups is 2. The van der Waals surface area contributed by atoms with Gasteiger partial charge in [0.2, 0.25) is 11.8 Å². The number of amides is 2. The van der Waals surface area contributed by atoms with Gasteiger partial charge in [-0.25, -0.2) is 0 Å². The summed E-state index contributed by atoms with van der Waals surface area (Å²) in [6, 6.07) is 12.6. The monoisotopic (exact) mass is 404 g/mol. The summed E-state index contributed by atoms with van der Waals surface area (Å²) in [4.78, 5) is 29.9. The van der Waals surface area contributed by atoms with Gasteiger partial charge in [-0.1, -0.05) is 45.0 Å². The molecular formula is C24H28N4O2. The van der Waals surface area contributed by atoms with E-state index in [-0.39, 0.29) is 17.7 Å². The van der Waals surface area contributed by atoms with Crippen LogP contribution in [-0.2, 0) is 22.6 Å². The van der Waals surface area contributed by atoms with E-state index in [4.69, 9.17) is 0 Å². The van der Waals surface area contributed by atoms with Crippen molar-refractivity contribution in [3.8, 4) is 0 Å². The Balaban J connectivity index is 1.56. The Morgan fingerprint density at radius 3 is 2.50 bits per heavy atom. The lowest BCUT2D eigenvalue weighted by atomic mass is 9.90. The number of nitrogens with one attached hydrogen (secondary N) is 2. The van der Waals surface area contributed by atoms with Crippen molar-refractivity contribution in [3.05, 3.63) is 66.1 Å². The molecule has 4 rings (SSSR count). The fourth-order valence-corrected chi connectivity index (χ4v) is 4.23. The van der Waals surface area contributed by atoms with Crippen LogP contribution in [0.2, 0.25) is 0 Å². The number of nitrogens with zero attached hydrogens (tertiary/aromatic N) is 2. The first kappa shape index (κ1) is 20.1. The van der Waals surface area contributed by atoms with Gasteiger partial charge in [0.05, 0.1) is 0 Å². The van der Waals surface area contributed by atoms with E-state index < -0.39 is 12.1 Å². The summed E-state index contributed by atoms with van der Waals surface area (Å²) in [7, 11) is 0. The molecule has 6 nitrogen and oxygen atoms in total. The first-order chi connectivity index (χ1) is 14.4. The zero-order valence-electron chi connectivity index (χ0n) is 17.6. The number of para-hydroxylation sites is 1. The van der Waals surface area contributed by atoms with Crippen LogP contribution in [0, 0.1) is 5.92 Å². The van der Waals surface area contributed by atoms with Gasteiger partial charge in [-0.05, 0) is 29.7 Å². The maximum Gasteiger partial charge on any atom is 0.243 e. The zero-order chi connectivity index (χ0) is 21.3. The number of hydrogen-bond acceptors (Lipinski definition) is 3. The summed E-state index contributed by atoms with van der Waals surface area (Å²) in [5.74, 6) is 0.0452. The van der Waals surface area contributed by atoms with E-state index in [0.717, 1.165) is 28.7 Å². The van der Waals surface area contributed by atoms with Crippen LogP contribution in [-0.4, -0.2) is 33.4 Å². The molecule has 2 amide bonds. The first-order valence-corrected chi connectivity index (χ1v) is 10.5. The summed E-state index contributed by atoms with van der Waals surface area (Å²) in [5.41, 5.74) is 3.01. The maximum absolute atomic E-state index is 12.9. The van der Waals surface area contributed by atoms with Gasteiger partial charge in [0, 0.05) is 47.9 Å². The van der Waals surface area contributed by atoms with Crippen LogP contribution in [0.5, 0.6) is 0 Å². The third kappa shape index (κ3) is 3.95. The molecule has 1 aliphatic heterocycles. The molecule has 0 bridgehead atoms. The number of aromatic nitrogens is 2. The quantitative estimate of drug-likeness (QED) is 0.663. The van der Waals surface area contributed by atoms with Crippen molar-refractivity contribution in [3.63, 3.8) is 0 Å². The number of carbonyl (C=O) groups excluding carboxylic acids is 2. The topological polar surface area (TPSA) is 76.0 Å². The van der Waals surface area contributed by atoms with E-state index in [1.54, 1.807) is 6.20 Å². The van der Waals surface area contributed by atoms with Crippen LogP contribution in [0.25, 0.3) is 10.9 Å². The molecule has 1 saturated heterocycles. The molecular weight excluding hydrogens is 376 g/mol. The lowest BCUT2D eigenvalue weighted by Gasteiger charge is -2.32. The molecule has 0 saturated carbocycles. The maximum atomic E-state index is 12.9. The van der Waals surface area contributed by atoms with Crippen LogP contribution in [0.3, 0.4) is 0 Å². The third-order valence-electron chi connectivity index (χ3n) is 5.72. The summed E-state index contributed by atoms with van der Waals surface area (Å²) in [5, 5.41) is 6.99. The van der Waals surface area contributed by atoms with Crippen molar-refractivity contribution >= 4 is 22.7 Å². The average molecular weight is 405 g/mol. The van der Waals surface area contributed by atoms with Gasteiger partial charge in [-0.15, -0.1) is 0 Å². The van der Waals surface area contributed by atoms with Crippen LogP contribution >= 0.6 is 0 Å². The van der Waals surface area contributed by atoms with Crippen molar-refractivity contribution in [2.24, 2.45) is 5.92 Å². The molecule has 6 heteroatoms. The van der Waals surface area contributed by atoms with E-state index >= 15 is 0 Å². The minimum Gasteiger partial charge on any atom is -0.347 e. The van der Waals surface area contributed by atoms with Crippen molar-refractivity contribution in [2.75, 3.05) is 0 Å². The molecule has 0 radical (unpaired) electrons. The van der Waals surface area contributed by atoms with Crippen LogP contribution < -0.4 is 10.6 Å². The fraction of sp³-hybridized carbons (Fsp3) is 0.375. The molecule has 30 heavy (non-hydrogen) atoms. The molecule has 3 atom stereocenters. The van der Waals surface area contributed by atoms with Crippen LogP contribution in [0.1, 0.15) is 37.9 Å². The number of pyridine rings is 1. The van der Waals surface area contributed by atoms with Gasteiger partial charge in [-0.3, -0.25) is 14.6 Å². The second kappa shape index (κ2) is 8.30. The van der Waals surface area contributed by atoms with Crippen molar-refractivity contribution < 1.29 is 9.59 Å². The minimum atomic E-state index is -0.601. The molecule has 0 unspecified atom stereocenters. The minimum absolute atomic E-state index is 0.149. The van der Waals surface area contributed by atoms with Gasteiger partial charge in [-0.2, -0.15) is 0 Å². The zero-order valence-corrected chi connectivity index (χ0v) is 17.6. The molecule has 1 fully saturated rings. The summed E-state index contributed by atoms with van der Waals surface area (Å²) >= 11 is 0. The molecule has 1 aliphatic rings. The highest BCUT2D eigenvalue weighted by Gasteiger charge is 2.38. The molecule has 3 heterocycles. The standard InChI is InChI=1S/C24H28N4O2/c1-15(2)13-28-14-19(18-9-4-5-10-21(18)28)16(3)22-24(30)26-20(23(29)27-22)12-17-8-6-7-11-25-17/h4-11,14-16,20,22H,12-13H2,1-3H3,(H,26,30)(H,27,29)/t16-,20-,22-/m1/s1. The Hall–Kier alpha value is -3.15. The SMILES string of the molecule is CC(C)Cn1cc([C@@H](C)[C@H]2NC(=O)[C@@H](Cc3ccccn3)NC2=O)c2ccccc21. The van der Waals surface area contributed by atoms with E-state index in [1.165, 1.54) is 0 Å². The van der Waals surface area contributed by atoms with Gasteiger partial charge in [0.1, 0.15) is 12.1 Å². The highest BCUT2D eigenvalue weighted by molar-refractivity contribution is 5.98.